The van der Waals surface area contributed by atoms with Crippen molar-refractivity contribution in [1.29, 1.82) is 0 Å². The van der Waals surface area contributed by atoms with Crippen LogP contribution in [0.5, 0.6) is 23.0 Å². The van der Waals surface area contributed by atoms with E-state index in [2.05, 4.69) is 82.2 Å². The molecule has 0 aromatic heterocycles. The molecule has 0 radical (unpaired) electrons. The summed E-state index contributed by atoms with van der Waals surface area (Å²) in [5, 5.41) is 21.4. The molecule has 63 heavy (non-hydrogen) atoms. The summed E-state index contributed by atoms with van der Waals surface area (Å²) in [6.07, 6.45) is 40.1. The molecule has 0 aliphatic heterocycles. The maximum Gasteiger partial charge on any atom is 0.207 e. The maximum atomic E-state index is 10.8. The number of benzene rings is 1. The number of hydrogen-bond acceptors (Lipinski definition) is 4. The highest BCUT2D eigenvalue weighted by Gasteiger charge is 2.23. The summed E-state index contributed by atoms with van der Waals surface area (Å²) in [5.74, 6) is 8.13. The highest BCUT2D eigenvalue weighted by Crippen LogP contribution is 2.48. The summed E-state index contributed by atoms with van der Waals surface area (Å²) in [4.78, 5) is 0. The van der Waals surface area contributed by atoms with Gasteiger partial charge in [0, 0.05) is 11.1 Å². The zero-order chi connectivity index (χ0) is 47.2. The molecule has 370 valence electrons. The Balaban J connectivity index is 2.07. The average molecular weight is 884 g/mol. The number of methoxy groups -OCH3 is 2. The van der Waals surface area contributed by atoms with Crippen LogP contribution < -0.4 is 9.47 Å². The van der Waals surface area contributed by atoms with Crippen LogP contribution >= 0.6 is 0 Å². The van der Waals surface area contributed by atoms with Crippen molar-refractivity contribution in [2.24, 2.45) is 53.3 Å². The van der Waals surface area contributed by atoms with Crippen molar-refractivity contribution in [2.75, 3.05) is 14.2 Å². The Bertz CT molecular complexity index is 1300. The molecule has 1 aromatic carbocycles. The van der Waals surface area contributed by atoms with Crippen molar-refractivity contribution in [3.8, 4) is 23.0 Å². The summed E-state index contributed by atoms with van der Waals surface area (Å²) in [6, 6.07) is 0. The minimum Gasteiger partial charge on any atom is -0.504 e. The third-order valence-corrected chi connectivity index (χ3v) is 15.3. The van der Waals surface area contributed by atoms with Gasteiger partial charge in [0.1, 0.15) is 0 Å². The van der Waals surface area contributed by atoms with Gasteiger partial charge in [0.15, 0.2) is 11.5 Å². The quantitative estimate of drug-likeness (QED) is 0.0509. The van der Waals surface area contributed by atoms with E-state index in [1.165, 1.54) is 174 Å². The summed E-state index contributed by atoms with van der Waals surface area (Å²) in [5.41, 5.74) is 2.93. The first kappa shape index (κ1) is 59.2. The Morgan fingerprint density at radius 2 is 0.730 bits per heavy atom. The van der Waals surface area contributed by atoms with E-state index in [0.29, 0.717) is 17.9 Å². The van der Waals surface area contributed by atoms with E-state index in [1.54, 1.807) is 0 Å². The van der Waals surface area contributed by atoms with Gasteiger partial charge in [0.2, 0.25) is 11.5 Å². The van der Waals surface area contributed by atoms with Crippen molar-refractivity contribution >= 4 is 0 Å². The molecule has 0 aliphatic carbocycles. The van der Waals surface area contributed by atoms with Gasteiger partial charge in [-0.05, 0) is 106 Å². The lowest BCUT2D eigenvalue weighted by molar-refractivity contribution is 0.313. The third kappa shape index (κ3) is 28.1. The topological polar surface area (TPSA) is 58.9 Å². The lowest BCUT2D eigenvalue weighted by atomic mass is 9.88. The second-order valence-electron chi connectivity index (χ2n) is 22.7. The highest BCUT2D eigenvalue weighted by atomic mass is 16.5. The number of phenols is 2. The SMILES string of the molecule is COc1c(O)c(C)c(CCC(C)CC/C=C(\C)CCCC(C)CCCC(C)CCCC(C)CCCC(C)CCCC(C)CCCC(C)CCCC(C)CCCC(C)C)c(O)c1OC. The molecule has 4 heteroatoms. The molecule has 0 bridgehead atoms. The standard InChI is InChI=1S/C59H110O4/c1-44(2)24-15-25-45(3)26-16-27-46(4)28-17-29-47(5)30-18-31-48(6)32-19-33-49(7)34-20-35-50(8)36-21-37-51(9)38-22-39-52(10)40-23-41-53(11)42-43-55-54(12)56(60)58(62-13)59(63-14)57(55)61/h40,44-51,53,60-61H,15-39,41-43H2,1-14H3/b52-40+. The first-order chi connectivity index (χ1) is 30.0. The monoisotopic (exact) mass is 883 g/mol. The minimum atomic E-state index is 0.0489. The van der Waals surface area contributed by atoms with E-state index in [9.17, 15) is 10.2 Å². The molecule has 0 aliphatic rings. The first-order valence-corrected chi connectivity index (χ1v) is 27.3. The van der Waals surface area contributed by atoms with Gasteiger partial charge in [-0.3, -0.25) is 0 Å². The summed E-state index contributed by atoms with van der Waals surface area (Å²) < 4.78 is 10.6. The predicted octanol–water partition coefficient (Wildman–Crippen LogP) is 19.2. The van der Waals surface area contributed by atoms with Gasteiger partial charge in [-0.25, -0.2) is 0 Å². The molecule has 0 amide bonds. The molecule has 1 rings (SSSR count). The van der Waals surface area contributed by atoms with Crippen LogP contribution in [0.25, 0.3) is 0 Å². The van der Waals surface area contributed by atoms with Gasteiger partial charge in [0.05, 0.1) is 14.2 Å². The van der Waals surface area contributed by atoms with Crippen LogP contribution in [-0.4, -0.2) is 24.4 Å². The fraction of sp³-hybridized carbons (Fsp3) is 0.864. The fourth-order valence-electron chi connectivity index (χ4n) is 10.3. The number of hydrogen-bond donors (Lipinski definition) is 2. The van der Waals surface area contributed by atoms with E-state index < -0.39 is 0 Å². The lowest BCUT2D eigenvalue weighted by Gasteiger charge is -2.19. The zero-order valence-corrected chi connectivity index (χ0v) is 44.8. The number of ether oxygens (including phenoxy) is 2. The average Bonchev–Trinajstić information content (AvgIpc) is 3.21. The third-order valence-electron chi connectivity index (χ3n) is 15.3. The smallest absolute Gasteiger partial charge is 0.207 e. The van der Waals surface area contributed by atoms with Gasteiger partial charge in [0.25, 0.3) is 0 Å². The van der Waals surface area contributed by atoms with Gasteiger partial charge in [-0.2, -0.15) is 0 Å². The van der Waals surface area contributed by atoms with Crippen LogP contribution in [0.2, 0.25) is 0 Å². The largest absolute Gasteiger partial charge is 0.504 e. The summed E-state index contributed by atoms with van der Waals surface area (Å²) in [7, 11) is 2.96. The van der Waals surface area contributed by atoms with Crippen LogP contribution in [0.15, 0.2) is 11.6 Å². The molecular formula is C59H110O4. The van der Waals surface area contributed by atoms with Crippen molar-refractivity contribution < 1.29 is 19.7 Å². The molecule has 0 saturated heterocycles. The van der Waals surface area contributed by atoms with Crippen LogP contribution in [0.1, 0.15) is 261 Å². The van der Waals surface area contributed by atoms with Crippen LogP contribution in [-0.2, 0) is 6.42 Å². The molecule has 0 heterocycles. The minimum absolute atomic E-state index is 0.0489. The maximum absolute atomic E-state index is 10.8. The Kier molecular flexibility index (Phi) is 33.2. The van der Waals surface area contributed by atoms with E-state index in [0.717, 1.165) is 72.2 Å². The van der Waals surface area contributed by atoms with Crippen molar-refractivity contribution in [3.63, 3.8) is 0 Å². The fourth-order valence-corrected chi connectivity index (χ4v) is 10.3. The molecule has 0 fully saturated rings. The van der Waals surface area contributed by atoms with Crippen LogP contribution in [0.3, 0.4) is 0 Å². The van der Waals surface area contributed by atoms with Gasteiger partial charge in [-0.15, -0.1) is 0 Å². The molecule has 0 spiro atoms. The van der Waals surface area contributed by atoms with E-state index >= 15 is 0 Å². The summed E-state index contributed by atoms with van der Waals surface area (Å²) in [6.45, 7) is 28.6. The first-order valence-electron chi connectivity index (χ1n) is 27.3. The van der Waals surface area contributed by atoms with Crippen LogP contribution in [0, 0.1) is 60.2 Å². The van der Waals surface area contributed by atoms with Gasteiger partial charge >= 0.3 is 0 Å². The van der Waals surface area contributed by atoms with E-state index in [1.807, 2.05) is 6.92 Å². The van der Waals surface area contributed by atoms with Crippen LogP contribution in [0.4, 0.5) is 0 Å². The zero-order valence-electron chi connectivity index (χ0n) is 44.8. The lowest BCUT2D eigenvalue weighted by Crippen LogP contribution is -2.03. The van der Waals surface area contributed by atoms with Crippen molar-refractivity contribution in [3.05, 3.63) is 22.8 Å². The van der Waals surface area contributed by atoms with Crippen molar-refractivity contribution in [2.45, 2.75) is 263 Å². The highest BCUT2D eigenvalue weighted by molar-refractivity contribution is 5.65. The number of allylic oxidation sites excluding steroid dienone is 2. The Hall–Kier alpha value is -1.84. The van der Waals surface area contributed by atoms with Gasteiger partial charge < -0.3 is 19.7 Å². The predicted molar refractivity (Wildman–Crippen MR) is 278 cm³/mol. The molecule has 4 nitrogen and oxygen atoms in total. The van der Waals surface area contributed by atoms with E-state index in [-0.39, 0.29) is 23.0 Å². The van der Waals surface area contributed by atoms with Gasteiger partial charge in [-0.1, -0.05) is 222 Å². The normalized spacial score (nSPS) is 16.1. The molecular weight excluding hydrogens is 773 g/mol. The Labute approximate surface area is 394 Å². The number of rotatable bonds is 40. The summed E-state index contributed by atoms with van der Waals surface area (Å²) >= 11 is 0. The second-order valence-corrected chi connectivity index (χ2v) is 22.7. The molecule has 8 unspecified atom stereocenters. The van der Waals surface area contributed by atoms with E-state index in [4.69, 9.17) is 9.47 Å². The Morgan fingerprint density at radius 3 is 1.06 bits per heavy atom. The Morgan fingerprint density at radius 1 is 0.429 bits per heavy atom. The molecule has 8 atom stereocenters. The molecule has 0 saturated carbocycles. The number of aromatic hydroxyl groups is 2. The molecule has 1 aromatic rings. The molecule has 2 N–H and O–H groups in total. The number of phenolic OH excluding ortho intramolecular Hbond substituents is 2. The second kappa shape index (κ2) is 35.4. The van der Waals surface area contributed by atoms with Crippen molar-refractivity contribution in [1.82, 2.24) is 0 Å².